The Kier molecular flexibility index (Phi) is 3.25. The highest BCUT2D eigenvalue weighted by molar-refractivity contribution is 5.95. The third-order valence-corrected chi connectivity index (χ3v) is 3.52. The fourth-order valence-electron chi connectivity index (χ4n) is 2.47. The number of hydrogen-bond donors (Lipinski definition) is 1. The summed E-state index contributed by atoms with van der Waals surface area (Å²) in [5.74, 6) is -0.0284. The molecule has 4 heteroatoms. The van der Waals surface area contributed by atoms with Gasteiger partial charge in [0.25, 0.3) is 0 Å². The van der Waals surface area contributed by atoms with Crippen LogP contribution in [0.15, 0.2) is 28.7 Å². The fraction of sp³-hybridized carbons (Fsp3) is 0.400. The molecule has 19 heavy (non-hydrogen) atoms. The van der Waals surface area contributed by atoms with E-state index >= 15 is 0 Å². The summed E-state index contributed by atoms with van der Waals surface area (Å²) in [6.07, 6.45) is 4.52. The third kappa shape index (κ3) is 2.63. The lowest BCUT2D eigenvalue weighted by atomic mass is 10.2. The average molecular weight is 259 g/mol. The molecule has 1 N–H and O–H groups in total. The van der Waals surface area contributed by atoms with Crippen molar-refractivity contribution in [1.82, 2.24) is 5.48 Å². The molecule has 0 unspecified atom stereocenters. The molecule has 0 bridgehead atoms. The van der Waals surface area contributed by atoms with Crippen molar-refractivity contribution in [3.05, 3.63) is 35.6 Å². The fourth-order valence-corrected chi connectivity index (χ4v) is 2.47. The van der Waals surface area contributed by atoms with Gasteiger partial charge in [0.2, 0.25) is 0 Å². The lowest BCUT2D eigenvalue weighted by molar-refractivity contribution is -0.0138. The van der Waals surface area contributed by atoms with E-state index in [0.717, 1.165) is 29.4 Å². The normalized spacial score (nSPS) is 16.1. The van der Waals surface area contributed by atoms with E-state index in [4.69, 9.17) is 9.25 Å². The largest absolute Gasteiger partial charge is 0.451 e. The SMILES string of the molecule is Cc1ccc2oc(C(=O)NOC3CCCC3)cc2c1. The van der Waals surface area contributed by atoms with Crippen LogP contribution in [-0.4, -0.2) is 12.0 Å². The average Bonchev–Trinajstić information content (AvgIpc) is 3.04. The van der Waals surface area contributed by atoms with E-state index in [9.17, 15) is 4.79 Å². The highest BCUT2D eigenvalue weighted by atomic mass is 16.7. The van der Waals surface area contributed by atoms with Gasteiger partial charge in [-0.05, 0) is 38.0 Å². The highest BCUT2D eigenvalue weighted by Gasteiger charge is 2.18. The number of hydrogen-bond acceptors (Lipinski definition) is 3. The molecule has 0 spiro atoms. The van der Waals surface area contributed by atoms with E-state index in [2.05, 4.69) is 5.48 Å². The summed E-state index contributed by atoms with van der Waals surface area (Å²) in [4.78, 5) is 17.3. The Bertz CT molecular complexity index is 596. The van der Waals surface area contributed by atoms with Crippen molar-refractivity contribution in [3.63, 3.8) is 0 Å². The molecular weight excluding hydrogens is 242 g/mol. The van der Waals surface area contributed by atoms with E-state index in [-0.39, 0.29) is 12.0 Å². The van der Waals surface area contributed by atoms with Crippen molar-refractivity contribution in [2.75, 3.05) is 0 Å². The van der Waals surface area contributed by atoms with Crippen LogP contribution in [0.3, 0.4) is 0 Å². The lowest BCUT2D eigenvalue weighted by Crippen LogP contribution is -2.27. The molecule has 1 saturated carbocycles. The maximum absolute atomic E-state index is 11.9. The minimum Gasteiger partial charge on any atom is -0.451 e. The molecule has 0 saturated heterocycles. The van der Waals surface area contributed by atoms with Gasteiger partial charge in [-0.15, -0.1) is 0 Å². The summed E-state index contributed by atoms with van der Waals surface area (Å²) in [7, 11) is 0. The molecule has 1 aliphatic carbocycles. The first kappa shape index (κ1) is 12.2. The van der Waals surface area contributed by atoms with Gasteiger partial charge < -0.3 is 4.42 Å². The zero-order chi connectivity index (χ0) is 13.2. The van der Waals surface area contributed by atoms with Crippen LogP contribution in [0.2, 0.25) is 0 Å². The second kappa shape index (κ2) is 5.05. The Morgan fingerprint density at radius 1 is 1.32 bits per heavy atom. The number of rotatable bonds is 3. The highest BCUT2D eigenvalue weighted by Crippen LogP contribution is 2.22. The summed E-state index contributed by atoms with van der Waals surface area (Å²) in [6.45, 7) is 2.01. The summed E-state index contributed by atoms with van der Waals surface area (Å²) in [5.41, 5.74) is 4.34. The number of hydroxylamine groups is 1. The van der Waals surface area contributed by atoms with Crippen molar-refractivity contribution in [1.29, 1.82) is 0 Å². The summed E-state index contributed by atoms with van der Waals surface area (Å²) in [6, 6.07) is 7.57. The van der Waals surface area contributed by atoms with Gasteiger partial charge in [0.15, 0.2) is 5.76 Å². The predicted molar refractivity (Wildman–Crippen MR) is 71.8 cm³/mol. The van der Waals surface area contributed by atoms with Crippen LogP contribution in [0.4, 0.5) is 0 Å². The molecule has 0 radical (unpaired) electrons. The third-order valence-electron chi connectivity index (χ3n) is 3.52. The molecule has 1 fully saturated rings. The molecule has 1 heterocycles. The van der Waals surface area contributed by atoms with E-state index in [0.29, 0.717) is 5.76 Å². The van der Waals surface area contributed by atoms with Gasteiger partial charge >= 0.3 is 5.91 Å². The number of nitrogens with one attached hydrogen (secondary N) is 1. The molecular formula is C15H17NO3. The van der Waals surface area contributed by atoms with Crippen LogP contribution in [0.25, 0.3) is 11.0 Å². The Morgan fingerprint density at radius 3 is 2.89 bits per heavy atom. The number of furan rings is 1. The number of carbonyl (C=O) groups excluding carboxylic acids is 1. The number of amides is 1. The van der Waals surface area contributed by atoms with Gasteiger partial charge in [-0.1, -0.05) is 24.5 Å². The number of aryl methyl sites for hydroxylation is 1. The van der Waals surface area contributed by atoms with Crippen LogP contribution in [0.1, 0.15) is 41.8 Å². The quantitative estimate of drug-likeness (QED) is 0.860. The standard InChI is InChI=1S/C15H17NO3/c1-10-6-7-13-11(8-10)9-14(18-13)15(17)16-19-12-4-2-3-5-12/h6-9,12H,2-5H2,1H3,(H,16,17). The Morgan fingerprint density at radius 2 is 2.11 bits per heavy atom. The monoisotopic (exact) mass is 259 g/mol. The zero-order valence-electron chi connectivity index (χ0n) is 10.9. The van der Waals surface area contributed by atoms with E-state index in [1.165, 1.54) is 12.8 Å². The van der Waals surface area contributed by atoms with Crippen LogP contribution in [-0.2, 0) is 4.84 Å². The van der Waals surface area contributed by atoms with Crippen molar-refractivity contribution in [3.8, 4) is 0 Å². The van der Waals surface area contributed by atoms with Crippen LogP contribution in [0, 0.1) is 6.92 Å². The molecule has 0 aliphatic heterocycles. The number of benzene rings is 1. The molecule has 4 nitrogen and oxygen atoms in total. The maximum Gasteiger partial charge on any atom is 0.310 e. The lowest BCUT2D eigenvalue weighted by Gasteiger charge is -2.09. The first-order valence-corrected chi connectivity index (χ1v) is 6.68. The minimum atomic E-state index is -0.319. The minimum absolute atomic E-state index is 0.149. The number of fused-ring (bicyclic) bond motifs is 1. The van der Waals surface area contributed by atoms with Gasteiger partial charge in [-0.2, -0.15) is 0 Å². The molecule has 0 atom stereocenters. The predicted octanol–water partition coefficient (Wildman–Crippen LogP) is 3.35. The molecule has 1 amide bonds. The maximum atomic E-state index is 11.9. The molecule has 100 valence electrons. The molecule has 1 aromatic carbocycles. The van der Waals surface area contributed by atoms with Gasteiger partial charge in [0.1, 0.15) is 5.58 Å². The van der Waals surface area contributed by atoms with Crippen molar-refractivity contribution < 1.29 is 14.0 Å². The first-order chi connectivity index (χ1) is 9.22. The van der Waals surface area contributed by atoms with E-state index < -0.39 is 0 Å². The van der Waals surface area contributed by atoms with E-state index in [1.54, 1.807) is 6.07 Å². The molecule has 2 aromatic rings. The van der Waals surface area contributed by atoms with Gasteiger partial charge in [-0.25, -0.2) is 5.48 Å². The van der Waals surface area contributed by atoms with Gasteiger partial charge in [-0.3, -0.25) is 9.63 Å². The Hall–Kier alpha value is -1.81. The van der Waals surface area contributed by atoms with E-state index in [1.807, 2.05) is 25.1 Å². The van der Waals surface area contributed by atoms with Gasteiger partial charge in [0, 0.05) is 5.39 Å². The summed E-state index contributed by atoms with van der Waals surface area (Å²) in [5, 5.41) is 0.936. The zero-order valence-corrected chi connectivity index (χ0v) is 10.9. The summed E-state index contributed by atoms with van der Waals surface area (Å²) < 4.78 is 5.51. The second-order valence-corrected chi connectivity index (χ2v) is 5.11. The van der Waals surface area contributed by atoms with Crippen molar-refractivity contribution in [2.24, 2.45) is 0 Å². The Labute approximate surface area is 111 Å². The Balaban J connectivity index is 1.70. The van der Waals surface area contributed by atoms with Crippen molar-refractivity contribution >= 4 is 16.9 Å². The topological polar surface area (TPSA) is 51.5 Å². The molecule has 1 aliphatic rings. The van der Waals surface area contributed by atoms with Crippen LogP contribution >= 0.6 is 0 Å². The van der Waals surface area contributed by atoms with Crippen LogP contribution < -0.4 is 5.48 Å². The van der Waals surface area contributed by atoms with Gasteiger partial charge in [0.05, 0.1) is 6.10 Å². The molecule has 3 rings (SSSR count). The summed E-state index contributed by atoms with van der Waals surface area (Å²) >= 11 is 0. The smallest absolute Gasteiger partial charge is 0.310 e. The molecule has 1 aromatic heterocycles. The number of carbonyl (C=O) groups is 1. The van der Waals surface area contributed by atoms with Crippen LogP contribution in [0.5, 0.6) is 0 Å². The first-order valence-electron chi connectivity index (χ1n) is 6.68. The van der Waals surface area contributed by atoms with Crippen molar-refractivity contribution in [2.45, 2.75) is 38.7 Å². The second-order valence-electron chi connectivity index (χ2n) is 5.11.